The molecule has 0 spiro atoms. The number of aromatic nitrogens is 3. The second-order valence-corrected chi connectivity index (χ2v) is 7.65. The lowest BCUT2D eigenvalue weighted by molar-refractivity contribution is 0.389. The maximum Gasteiger partial charge on any atom is 0.160 e. The van der Waals surface area contributed by atoms with Gasteiger partial charge in [-0.1, -0.05) is 11.6 Å². The van der Waals surface area contributed by atoms with E-state index in [-0.39, 0.29) is 0 Å². The summed E-state index contributed by atoms with van der Waals surface area (Å²) in [4.78, 5) is 12.3. The van der Waals surface area contributed by atoms with E-state index < -0.39 is 0 Å². The molecule has 0 bridgehead atoms. The van der Waals surface area contributed by atoms with Crippen molar-refractivity contribution in [3.63, 3.8) is 0 Å². The van der Waals surface area contributed by atoms with Crippen molar-refractivity contribution in [2.45, 2.75) is 33.7 Å². The van der Waals surface area contributed by atoms with Gasteiger partial charge in [0.05, 0.1) is 16.6 Å². The van der Waals surface area contributed by atoms with Crippen LogP contribution in [-0.2, 0) is 6.54 Å². The van der Waals surface area contributed by atoms with Gasteiger partial charge in [0.2, 0.25) is 0 Å². The predicted octanol–water partition coefficient (Wildman–Crippen LogP) is 4.61. The first kappa shape index (κ1) is 17.0. The second-order valence-electron chi connectivity index (χ2n) is 7.65. The maximum atomic E-state index is 5.03. The predicted molar refractivity (Wildman–Crippen MR) is 110 cm³/mol. The molecular weight excluding hydrogens is 320 g/mol. The van der Waals surface area contributed by atoms with Crippen LogP contribution in [0.4, 0.5) is 0 Å². The largest absolute Gasteiger partial charge is 0.324 e. The van der Waals surface area contributed by atoms with Crippen molar-refractivity contribution in [2.24, 2.45) is 0 Å². The van der Waals surface area contributed by atoms with Crippen molar-refractivity contribution in [1.29, 1.82) is 0 Å². The molecule has 0 amide bonds. The highest BCUT2D eigenvalue weighted by Gasteiger charge is 2.15. The van der Waals surface area contributed by atoms with Gasteiger partial charge >= 0.3 is 0 Å². The molecule has 0 aliphatic heterocycles. The van der Waals surface area contributed by atoms with Crippen LogP contribution in [-0.4, -0.2) is 40.1 Å². The second kappa shape index (κ2) is 6.36. The number of benzene rings is 2. The molecule has 0 aliphatic carbocycles. The highest BCUT2D eigenvalue weighted by molar-refractivity contribution is 6.06. The smallest absolute Gasteiger partial charge is 0.160 e. The fourth-order valence-electron chi connectivity index (χ4n) is 3.63. The Hall–Kier alpha value is -2.46. The van der Waals surface area contributed by atoms with Crippen LogP contribution in [0.1, 0.15) is 23.1 Å². The van der Waals surface area contributed by atoms with Crippen LogP contribution in [0.2, 0.25) is 0 Å². The number of fused-ring (bicyclic) bond motifs is 4. The third-order valence-corrected chi connectivity index (χ3v) is 5.20. The molecule has 4 nitrogen and oxygen atoms in total. The van der Waals surface area contributed by atoms with Gasteiger partial charge in [0, 0.05) is 11.9 Å². The lowest BCUT2D eigenvalue weighted by Gasteiger charge is -2.11. The van der Waals surface area contributed by atoms with Crippen LogP contribution in [0.3, 0.4) is 0 Å². The molecule has 26 heavy (non-hydrogen) atoms. The van der Waals surface area contributed by atoms with Gasteiger partial charge in [0.25, 0.3) is 0 Å². The SMILES string of the molecule is Cc1ccc2c(c1)c1nc3cc(C)c(C)cc3nc1n2CCCN(C)C. The van der Waals surface area contributed by atoms with E-state index in [1.165, 1.54) is 27.6 Å². The summed E-state index contributed by atoms with van der Waals surface area (Å²) in [5.41, 5.74) is 8.99. The zero-order valence-corrected chi connectivity index (χ0v) is 16.3. The van der Waals surface area contributed by atoms with Crippen LogP contribution < -0.4 is 0 Å². The number of rotatable bonds is 4. The summed E-state index contributed by atoms with van der Waals surface area (Å²) in [6.07, 6.45) is 1.09. The molecular formula is C22H26N4. The van der Waals surface area contributed by atoms with Gasteiger partial charge in [-0.25, -0.2) is 9.97 Å². The van der Waals surface area contributed by atoms with E-state index >= 15 is 0 Å². The van der Waals surface area contributed by atoms with E-state index in [9.17, 15) is 0 Å². The van der Waals surface area contributed by atoms with Crippen LogP contribution in [0.25, 0.3) is 33.1 Å². The fraction of sp³-hybridized carbons (Fsp3) is 0.364. The molecule has 0 radical (unpaired) electrons. The Kier molecular flexibility index (Phi) is 4.16. The highest BCUT2D eigenvalue weighted by atomic mass is 15.1. The van der Waals surface area contributed by atoms with Gasteiger partial charge in [-0.2, -0.15) is 0 Å². The Morgan fingerprint density at radius 1 is 0.923 bits per heavy atom. The molecule has 0 saturated carbocycles. The molecule has 4 heteroatoms. The number of nitrogens with zero attached hydrogens (tertiary/aromatic N) is 4. The zero-order chi connectivity index (χ0) is 18.4. The first-order chi connectivity index (χ1) is 12.4. The van der Waals surface area contributed by atoms with E-state index in [0.29, 0.717) is 0 Å². The topological polar surface area (TPSA) is 34.0 Å². The summed E-state index contributed by atoms with van der Waals surface area (Å²) in [7, 11) is 4.24. The van der Waals surface area contributed by atoms with Gasteiger partial charge in [-0.05, 0) is 83.2 Å². The van der Waals surface area contributed by atoms with Crippen LogP contribution >= 0.6 is 0 Å². The molecule has 0 N–H and O–H groups in total. The quantitative estimate of drug-likeness (QED) is 0.541. The molecule has 2 aromatic carbocycles. The van der Waals surface area contributed by atoms with Crippen molar-refractivity contribution < 1.29 is 0 Å². The van der Waals surface area contributed by atoms with Crippen molar-refractivity contribution in [1.82, 2.24) is 19.4 Å². The lowest BCUT2D eigenvalue weighted by Crippen LogP contribution is -2.15. The summed E-state index contributed by atoms with van der Waals surface area (Å²) in [6, 6.07) is 10.9. The molecule has 4 aromatic rings. The normalized spacial score (nSPS) is 12.1. The van der Waals surface area contributed by atoms with Crippen LogP contribution in [0, 0.1) is 20.8 Å². The molecule has 0 unspecified atom stereocenters. The number of aryl methyl sites for hydroxylation is 4. The molecule has 134 valence electrons. The molecule has 0 aliphatic rings. The molecule has 2 heterocycles. The Morgan fingerprint density at radius 2 is 1.62 bits per heavy atom. The molecule has 0 saturated heterocycles. The van der Waals surface area contributed by atoms with Crippen molar-refractivity contribution in [2.75, 3.05) is 20.6 Å². The van der Waals surface area contributed by atoms with Crippen LogP contribution in [0.15, 0.2) is 30.3 Å². The van der Waals surface area contributed by atoms with Gasteiger partial charge in [-0.15, -0.1) is 0 Å². The first-order valence-corrected chi connectivity index (χ1v) is 9.26. The summed E-state index contributed by atoms with van der Waals surface area (Å²) in [5.74, 6) is 0. The Bertz CT molecular complexity index is 1120. The average molecular weight is 346 g/mol. The third kappa shape index (κ3) is 2.84. The molecule has 0 fully saturated rings. The highest BCUT2D eigenvalue weighted by Crippen LogP contribution is 2.30. The molecule has 0 atom stereocenters. The summed E-state index contributed by atoms with van der Waals surface area (Å²) in [5, 5.41) is 1.21. The van der Waals surface area contributed by atoms with Crippen molar-refractivity contribution in [3.05, 3.63) is 47.0 Å². The van der Waals surface area contributed by atoms with Gasteiger partial charge < -0.3 is 9.47 Å². The zero-order valence-electron chi connectivity index (χ0n) is 16.3. The maximum absolute atomic E-state index is 5.03. The van der Waals surface area contributed by atoms with E-state index in [1.807, 2.05) is 0 Å². The van der Waals surface area contributed by atoms with Crippen molar-refractivity contribution in [3.8, 4) is 0 Å². The minimum Gasteiger partial charge on any atom is -0.324 e. The summed E-state index contributed by atoms with van der Waals surface area (Å²) < 4.78 is 2.34. The van der Waals surface area contributed by atoms with E-state index in [1.54, 1.807) is 0 Å². The first-order valence-electron chi connectivity index (χ1n) is 9.26. The summed E-state index contributed by atoms with van der Waals surface area (Å²) in [6.45, 7) is 8.42. The Morgan fingerprint density at radius 3 is 2.31 bits per heavy atom. The Balaban J connectivity index is 1.99. The van der Waals surface area contributed by atoms with Crippen LogP contribution in [0.5, 0.6) is 0 Å². The minimum atomic E-state index is 0.951. The van der Waals surface area contributed by atoms with Gasteiger partial charge in [0.15, 0.2) is 5.65 Å². The van der Waals surface area contributed by atoms with E-state index in [0.717, 1.165) is 41.7 Å². The standard InChI is InChI=1S/C22H26N4/c1-14-7-8-20-17(11-14)21-22(26(20)10-6-9-25(4)5)24-19-13-16(3)15(2)12-18(19)23-21/h7-8,11-13H,6,9-10H2,1-5H3. The average Bonchev–Trinajstić information content (AvgIpc) is 2.86. The monoisotopic (exact) mass is 346 g/mol. The van der Waals surface area contributed by atoms with Crippen molar-refractivity contribution >= 4 is 33.1 Å². The molecule has 4 rings (SSSR count). The Labute approximate surface area is 154 Å². The fourth-order valence-corrected chi connectivity index (χ4v) is 3.63. The molecule has 2 aromatic heterocycles. The number of hydrogen-bond acceptors (Lipinski definition) is 3. The summed E-state index contributed by atoms with van der Waals surface area (Å²) >= 11 is 0. The number of hydrogen-bond donors (Lipinski definition) is 0. The van der Waals surface area contributed by atoms with Gasteiger partial charge in [-0.3, -0.25) is 0 Å². The third-order valence-electron chi connectivity index (χ3n) is 5.20. The minimum absolute atomic E-state index is 0.951. The lowest BCUT2D eigenvalue weighted by atomic mass is 10.1. The van der Waals surface area contributed by atoms with Gasteiger partial charge in [0.1, 0.15) is 5.52 Å². The van der Waals surface area contributed by atoms with E-state index in [2.05, 4.69) is 74.7 Å². The van der Waals surface area contributed by atoms with E-state index in [4.69, 9.17) is 9.97 Å².